The molecule has 0 saturated carbocycles. The molecule has 2 amide bonds. The second kappa shape index (κ2) is 10.5. The first-order valence-corrected chi connectivity index (χ1v) is 13.8. The Morgan fingerprint density at radius 2 is 1.85 bits per heavy atom. The molecular weight excluding hydrogens is 495 g/mol. The van der Waals surface area contributed by atoms with Gasteiger partial charge in [-0.15, -0.1) is 0 Å². The largest absolute Gasteiger partial charge is 0.384 e. The van der Waals surface area contributed by atoms with E-state index in [1.165, 1.54) is 12.1 Å². The summed E-state index contributed by atoms with van der Waals surface area (Å²) in [6, 6.07) is 11.9. The van der Waals surface area contributed by atoms with E-state index >= 15 is 0 Å². The Kier molecular flexibility index (Phi) is 7.39. The van der Waals surface area contributed by atoms with Crippen LogP contribution in [-0.4, -0.2) is 78.1 Å². The van der Waals surface area contributed by atoms with E-state index in [1.807, 2.05) is 41.8 Å². The van der Waals surface area contributed by atoms with Crippen LogP contribution in [0.15, 0.2) is 53.6 Å². The number of aliphatic hydroxyl groups is 1. The predicted molar refractivity (Wildman–Crippen MR) is 150 cm³/mol. The average molecular weight is 535 g/mol. The van der Waals surface area contributed by atoms with Gasteiger partial charge in [-0.25, -0.2) is 4.39 Å². The van der Waals surface area contributed by atoms with Gasteiger partial charge >= 0.3 is 0 Å². The summed E-state index contributed by atoms with van der Waals surface area (Å²) in [4.78, 5) is 32.5. The van der Waals surface area contributed by atoms with E-state index < -0.39 is 6.10 Å². The number of piperazine rings is 1. The third-order valence-corrected chi connectivity index (χ3v) is 8.57. The first-order valence-electron chi connectivity index (χ1n) is 13.8. The topological polar surface area (TPSA) is 76.1 Å². The molecular formula is C31H39FN4O3. The van der Waals surface area contributed by atoms with Gasteiger partial charge in [-0.1, -0.05) is 38.1 Å². The third-order valence-electron chi connectivity index (χ3n) is 8.57. The van der Waals surface area contributed by atoms with Gasteiger partial charge in [0.05, 0.1) is 6.54 Å². The van der Waals surface area contributed by atoms with Crippen LogP contribution < -0.4 is 10.2 Å². The molecule has 0 aliphatic carbocycles. The highest BCUT2D eigenvalue weighted by atomic mass is 19.1. The van der Waals surface area contributed by atoms with Crippen LogP contribution in [0.4, 0.5) is 10.1 Å². The lowest BCUT2D eigenvalue weighted by atomic mass is 9.86. The zero-order chi connectivity index (χ0) is 28.1. The number of hydrogen-bond acceptors (Lipinski definition) is 5. The molecule has 3 heterocycles. The lowest BCUT2D eigenvalue weighted by molar-refractivity contribution is -0.126. The van der Waals surface area contributed by atoms with Crippen molar-refractivity contribution in [1.29, 1.82) is 0 Å². The van der Waals surface area contributed by atoms with Gasteiger partial charge in [-0.2, -0.15) is 0 Å². The molecule has 1 fully saturated rings. The fourth-order valence-electron chi connectivity index (χ4n) is 6.10. The predicted octanol–water partition coefficient (Wildman–Crippen LogP) is 3.37. The maximum Gasteiger partial charge on any atom is 0.249 e. The minimum Gasteiger partial charge on any atom is -0.384 e. The summed E-state index contributed by atoms with van der Waals surface area (Å²) in [7, 11) is 0. The number of benzene rings is 2. The Morgan fingerprint density at radius 3 is 2.51 bits per heavy atom. The van der Waals surface area contributed by atoms with Gasteiger partial charge in [0, 0.05) is 61.5 Å². The van der Waals surface area contributed by atoms with Crippen molar-refractivity contribution in [3.63, 3.8) is 0 Å². The number of carbonyl (C=O) groups excluding carboxylic acids is 2. The van der Waals surface area contributed by atoms with Crippen LogP contribution in [0.3, 0.4) is 0 Å². The molecule has 0 radical (unpaired) electrons. The van der Waals surface area contributed by atoms with Crippen molar-refractivity contribution in [2.75, 3.05) is 44.2 Å². The van der Waals surface area contributed by atoms with E-state index in [2.05, 4.69) is 31.0 Å². The molecule has 3 aliphatic rings. The number of nitrogens with zero attached hydrogens (tertiary/aromatic N) is 3. The summed E-state index contributed by atoms with van der Waals surface area (Å²) in [5.74, 6) is -0.262. The standard InChI is InChI=1S/C31H39FN4O3/c1-19-14-35(30(39)21(19)3)16-25-13-33-20(2)15-34(25)17-28(37)36-18-31(4,5)26-11-8-23(12-27(26)36)29(38)22-6-9-24(32)10-7-22/h6-12,20,25,29,33,38H,13-18H2,1-5H3/t20-,25-,29+/m1/s1. The number of amides is 2. The van der Waals surface area contributed by atoms with Crippen LogP contribution in [0.1, 0.15) is 57.4 Å². The highest BCUT2D eigenvalue weighted by Crippen LogP contribution is 2.42. The summed E-state index contributed by atoms with van der Waals surface area (Å²) in [5, 5.41) is 14.5. The summed E-state index contributed by atoms with van der Waals surface area (Å²) >= 11 is 0. The van der Waals surface area contributed by atoms with E-state index in [-0.39, 0.29) is 41.7 Å². The highest BCUT2D eigenvalue weighted by molar-refractivity contribution is 5.98. The van der Waals surface area contributed by atoms with E-state index in [0.717, 1.165) is 28.9 Å². The van der Waals surface area contributed by atoms with Crippen LogP contribution >= 0.6 is 0 Å². The van der Waals surface area contributed by atoms with Crippen molar-refractivity contribution < 1.29 is 19.1 Å². The maximum absolute atomic E-state index is 13.9. The van der Waals surface area contributed by atoms with Gasteiger partial charge in [-0.3, -0.25) is 14.5 Å². The van der Waals surface area contributed by atoms with Crippen LogP contribution in [0.25, 0.3) is 0 Å². The van der Waals surface area contributed by atoms with E-state index in [4.69, 9.17) is 0 Å². The third kappa shape index (κ3) is 5.38. The Hall–Kier alpha value is -3.07. The zero-order valence-electron chi connectivity index (χ0n) is 23.5. The van der Waals surface area contributed by atoms with Crippen LogP contribution in [0, 0.1) is 5.82 Å². The lowest BCUT2D eigenvalue weighted by Crippen LogP contribution is -2.61. The molecule has 2 aromatic carbocycles. The van der Waals surface area contributed by atoms with Crippen LogP contribution in [0.2, 0.25) is 0 Å². The Balaban J connectivity index is 1.36. The first-order chi connectivity index (χ1) is 18.4. The molecule has 3 atom stereocenters. The van der Waals surface area contributed by atoms with Crippen molar-refractivity contribution in [3.05, 3.63) is 76.1 Å². The van der Waals surface area contributed by atoms with E-state index in [9.17, 15) is 19.1 Å². The Bertz CT molecular complexity index is 1310. The van der Waals surface area contributed by atoms with Gasteiger partial charge in [0.15, 0.2) is 0 Å². The molecule has 0 spiro atoms. The number of halogens is 1. The number of rotatable bonds is 6. The summed E-state index contributed by atoms with van der Waals surface area (Å²) in [6.07, 6.45) is -0.923. The molecule has 39 heavy (non-hydrogen) atoms. The second-order valence-corrected chi connectivity index (χ2v) is 12.1. The molecule has 3 aliphatic heterocycles. The van der Waals surface area contributed by atoms with Gasteiger partial charge < -0.3 is 20.2 Å². The molecule has 1 saturated heterocycles. The zero-order valence-corrected chi connectivity index (χ0v) is 23.5. The fourth-order valence-corrected chi connectivity index (χ4v) is 6.10. The van der Waals surface area contributed by atoms with Crippen molar-refractivity contribution >= 4 is 17.5 Å². The molecule has 8 heteroatoms. The number of anilines is 1. The molecule has 0 bridgehead atoms. The number of aliphatic hydroxyl groups excluding tert-OH is 1. The van der Waals surface area contributed by atoms with E-state index in [0.29, 0.717) is 37.3 Å². The summed E-state index contributed by atoms with van der Waals surface area (Å²) in [6.45, 7) is 13.7. The summed E-state index contributed by atoms with van der Waals surface area (Å²) < 4.78 is 13.4. The molecule has 7 nitrogen and oxygen atoms in total. The number of carbonyl (C=O) groups is 2. The maximum atomic E-state index is 13.9. The van der Waals surface area contributed by atoms with Gasteiger partial charge in [0.25, 0.3) is 0 Å². The van der Waals surface area contributed by atoms with Crippen LogP contribution in [0.5, 0.6) is 0 Å². The second-order valence-electron chi connectivity index (χ2n) is 12.1. The number of fused-ring (bicyclic) bond motifs is 1. The number of nitrogens with one attached hydrogen (secondary N) is 1. The minimum atomic E-state index is -0.923. The molecule has 0 aromatic heterocycles. The molecule has 2 N–H and O–H groups in total. The quantitative estimate of drug-likeness (QED) is 0.595. The molecule has 0 unspecified atom stereocenters. The van der Waals surface area contributed by atoms with Crippen molar-refractivity contribution in [3.8, 4) is 0 Å². The Labute approximate surface area is 230 Å². The number of hydrogen-bond donors (Lipinski definition) is 2. The fraction of sp³-hybridized carbons (Fsp3) is 0.484. The Morgan fingerprint density at radius 1 is 1.15 bits per heavy atom. The SMILES string of the molecule is CC1=C(C)C(=O)N(C[C@H]2CN[C@H](C)CN2CC(=O)N2CC(C)(C)c3ccc([C@@H](O)c4ccc(F)cc4)cc32)C1. The van der Waals surface area contributed by atoms with Gasteiger partial charge in [-0.05, 0) is 61.2 Å². The normalized spacial score (nSPS) is 23.9. The average Bonchev–Trinajstić information content (AvgIpc) is 3.31. The first kappa shape index (κ1) is 27.5. The van der Waals surface area contributed by atoms with Gasteiger partial charge in [0.1, 0.15) is 11.9 Å². The van der Waals surface area contributed by atoms with Crippen molar-refractivity contribution in [2.24, 2.45) is 0 Å². The molecule has 5 rings (SSSR count). The summed E-state index contributed by atoms with van der Waals surface area (Å²) in [5.41, 5.74) is 4.84. The van der Waals surface area contributed by atoms with Crippen molar-refractivity contribution in [1.82, 2.24) is 15.1 Å². The monoisotopic (exact) mass is 534 g/mol. The molecule has 2 aromatic rings. The lowest BCUT2D eigenvalue weighted by Gasteiger charge is -2.41. The smallest absolute Gasteiger partial charge is 0.249 e. The van der Waals surface area contributed by atoms with E-state index in [1.54, 1.807) is 12.1 Å². The molecule has 208 valence electrons. The van der Waals surface area contributed by atoms with Crippen molar-refractivity contribution in [2.45, 2.75) is 58.2 Å². The minimum absolute atomic E-state index is 0.00702. The van der Waals surface area contributed by atoms with Gasteiger partial charge in [0.2, 0.25) is 11.8 Å². The van der Waals surface area contributed by atoms with Crippen LogP contribution in [-0.2, 0) is 15.0 Å². The highest BCUT2D eigenvalue weighted by Gasteiger charge is 2.40.